The molecule has 0 bridgehead atoms. The molecule has 13 heavy (non-hydrogen) atoms. The van der Waals surface area contributed by atoms with Crippen molar-refractivity contribution in [1.82, 2.24) is 10.3 Å². The number of hydrogen-bond acceptors (Lipinski definition) is 4. The minimum Gasteiger partial charge on any atom is -0.330 e. The van der Waals surface area contributed by atoms with Crippen LogP contribution in [0.1, 0.15) is 18.5 Å². The first-order chi connectivity index (χ1) is 6.43. The molecular formula is C9H17N3S. The van der Waals surface area contributed by atoms with Gasteiger partial charge in [0.1, 0.15) is 0 Å². The Bertz CT molecular complexity index is 199. The van der Waals surface area contributed by atoms with Crippen molar-refractivity contribution in [3.8, 4) is 0 Å². The van der Waals surface area contributed by atoms with E-state index in [9.17, 15) is 0 Å². The van der Waals surface area contributed by atoms with Gasteiger partial charge in [0, 0.05) is 18.3 Å². The number of nitrogens with one attached hydrogen (secondary N) is 1. The number of unbranched alkanes of at least 4 members (excludes halogenated alkanes) is 1. The molecule has 0 radical (unpaired) electrons. The number of nitrogens with two attached hydrogens (primary N) is 1. The van der Waals surface area contributed by atoms with Crippen molar-refractivity contribution in [1.29, 1.82) is 0 Å². The summed E-state index contributed by atoms with van der Waals surface area (Å²) < 4.78 is 0. The summed E-state index contributed by atoms with van der Waals surface area (Å²) >= 11 is 1.66. The fourth-order valence-electron chi connectivity index (χ4n) is 1.10. The van der Waals surface area contributed by atoms with E-state index in [0.29, 0.717) is 0 Å². The zero-order valence-electron chi connectivity index (χ0n) is 7.83. The number of nitrogens with zero attached hydrogens (tertiary/aromatic N) is 1. The summed E-state index contributed by atoms with van der Waals surface area (Å²) in [4.78, 5) is 4.21. The zero-order valence-corrected chi connectivity index (χ0v) is 8.65. The first-order valence-electron chi connectivity index (χ1n) is 4.71. The molecule has 0 atom stereocenters. The van der Waals surface area contributed by atoms with Crippen LogP contribution in [-0.2, 0) is 6.42 Å². The highest BCUT2D eigenvalue weighted by Crippen LogP contribution is 2.00. The Balaban J connectivity index is 1.90. The molecule has 1 heterocycles. The van der Waals surface area contributed by atoms with E-state index in [1.807, 2.05) is 5.51 Å². The molecule has 4 heteroatoms. The van der Waals surface area contributed by atoms with Crippen LogP contribution in [0.2, 0.25) is 0 Å². The summed E-state index contributed by atoms with van der Waals surface area (Å²) in [5.74, 6) is 0. The summed E-state index contributed by atoms with van der Waals surface area (Å²) in [6.07, 6.45) is 3.32. The van der Waals surface area contributed by atoms with Gasteiger partial charge in [0.15, 0.2) is 0 Å². The molecule has 1 rings (SSSR count). The van der Waals surface area contributed by atoms with Crippen LogP contribution in [0, 0.1) is 0 Å². The maximum atomic E-state index is 5.38. The smallest absolute Gasteiger partial charge is 0.0794 e. The molecule has 0 aromatic carbocycles. The Labute approximate surface area is 83.4 Å². The van der Waals surface area contributed by atoms with Gasteiger partial charge in [0.05, 0.1) is 11.2 Å². The van der Waals surface area contributed by atoms with Gasteiger partial charge in [-0.3, -0.25) is 0 Å². The third-order valence-electron chi connectivity index (χ3n) is 1.85. The van der Waals surface area contributed by atoms with Crippen molar-refractivity contribution in [2.45, 2.75) is 19.3 Å². The van der Waals surface area contributed by atoms with Crippen LogP contribution >= 0.6 is 11.3 Å². The van der Waals surface area contributed by atoms with Crippen LogP contribution in [0.5, 0.6) is 0 Å². The second-order valence-corrected chi connectivity index (χ2v) is 3.69. The molecule has 1 aromatic rings. The monoisotopic (exact) mass is 199 g/mol. The molecule has 0 saturated carbocycles. The molecular weight excluding hydrogens is 182 g/mol. The van der Waals surface area contributed by atoms with Crippen LogP contribution in [0.25, 0.3) is 0 Å². The predicted molar refractivity (Wildman–Crippen MR) is 57.0 cm³/mol. The number of aromatic nitrogens is 1. The highest BCUT2D eigenvalue weighted by molar-refractivity contribution is 7.07. The van der Waals surface area contributed by atoms with E-state index >= 15 is 0 Å². The quantitative estimate of drug-likeness (QED) is 0.644. The van der Waals surface area contributed by atoms with Gasteiger partial charge >= 0.3 is 0 Å². The summed E-state index contributed by atoms with van der Waals surface area (Å²) in [6.45, 7) is 2.89. The van der Waals surface area contributed by atoms with E-state index in [0.717, 1.165) is 32.5 Å². The van der Waals surface area contributed by atoms with Gasteiger partial charge in [-0.05, 0) is 25.9 Å². The third-order valence-corrected chi connectivity index (χ3v) is 2.48. The largest absolute Gasteiger partial charge is 0.330 e. The SMILES string of the molecule is NCCCCNCCc1cscn1. The maximum Gasteiger partial charge on any atom is 0.0794 e. The van der Waals surface area contributed by atoms with E-state index in [1.165, 1.54) is 12.1 Å². The maximum absolute atomic E-state index is 5.38. The van der Waals surface area contributed by atoms with E-state index in [4.69, 9.17) is 5.73 Å². The van der Waals surface area contributed by atoms with E-state index in [-0.39, 0.29) is 0 Å². The third kappa shape index (κ3) is 4.98. The Morgan fingerprint density at radius 1 is 1.38 bits per heavy atom. The molecule has 0 fully saturated rings. The average molecular weight is 199 g/mol. The molecule has 1 aromatic heterocycles. The highest BCUT2D eigenvalue weighted by atomic mass is 32.1. The molecule has 74 valence electrons. The highest BCUT2D eigenvalue weighted by Gasteiger charge is 1.93. The average Bonchev–Trinajstić information content (AvgIpc) is 2.63. The lowest BCUT2D eigenvalue weighted by Crippen LogP contribution is -2.19. The van der Waals surface area contributed by atoms with E-state index in [1.54, 1.807) is 11.3 Å². The number of hydrogen-bond donors (Lipinski definition) is 2. The fraction of sp³-hybridized carbons (Fsp3) is 0.667. The predicted octanol–water partition coefficient (Wildman–Crippen LogP) is 1.01. The lowest BCUT2D eigenvalue weighted by Gasteiger charge is -2.01. The van der Waals surface area contributed by atoms with Gasteiger partial charge in [-0.25, -0.2) is 4.98 Å². The van der Waals surface area contributed by atoms with Gasteiger partial charge in [0.2, 0.25) is 0 Å². The van der Waals surface area contributed by atoms with Crippen LogP contribution in [0.15, 0.2) is 10.9 Å². The van der Waals surface area contributed by atoms with E-state index in [2.05, 4.69) is 15.7 Å². The summed E-state index contributed by atoms with van der Waals surface area (Å²) in [5, 5.41) is 5.47. The molecule has 0 aliphatic rings. The molecule has 0 amide bonds. The van der Waals surface area contributed by atoms with Crippen molar-refractivity contribution in [2.75, 3.05) is 19.6 Å². The normalized spacial score (nSPS) is 10.5. The fourth-order valence-corrected chi connectivity index (χ4v) is 1.69. The Hall–Kier alpha value is -0.450. The molecule has 3 nitrogen and oxygen atoms in total. The van der Waals surface area contributed by atoms with Crippen molar-refractivity contribution < 1.29 is 0 Å². The Kier molecular flexibility index (Phi) is 5.73. The van der Waals surface area contributed by atoms with Crippen molar-refractivity contribution in [3.63, 3.8) is 0 Å². The molecule has 0 aliphatic heterocycles. The van der Waals surface area contributed by atoms with Gasteiger partial charge < -0.3 is 11.1 Å². The lowest BCUT2D eigenvalue weighted by molar-refractivity contribution is 0.624. The van der Waals surface area contributed by atoms with Crippen molar-refractivity contribution in [2.24, 2.45) is 5.73 Å². The standard InChI is InChI=1S/C9H17N3S/c10-4-1-2-5-11-6-3-9-7-13-8-12-9/h7-8,11H,1-6,10H2. The summed E-state index contributed by atoms with van der Waals surface area (Å²) in [7, 11) is 0. The Morgan fingerprint density at radius 2 is 2.31 bits per heavy atom. The van der Waals surface area contributed by atoms with Gasteiger partial charge in [-0.2, -0.15) is 0 Å². The topological polar surface area (TPSA) is 50.9 Å². The second-order valence-electron chi connectivity index (χ2n) is 2.98. The van der Waals surface area contributed by atoms with Crippen molar-refractivity contribution >= 4 is 11.3 Å². The summed E-state index contributed by atoms with van der Waals surface area (Å²) in [5.41, 5.74) is 8.45. The van der Waals surface area contributed by atoms with Crippen molar-refractivity contribution in [3.05, 3.63) is 16.6 Å². The lowest BCUT2D eigenvalue weighted by atomic mass is 10.3. The molecule has 0 unspecified atom stereocenters. The number of rotatable bonds is 7. The van der Waals surface area contributed by atoms with E-state index < -0.39 is 0 Å². The molecule has 0 aliphatic carbocycles. The minimum absolute atomic E-state index is 0.799. The van der Waals surface area contributed by atoms with Gasteiger partial charge in [-0.1, -0.05) is 0 Å². The van der Waals surface area contributed by atoms with Crippen LogP contribution < -0.4 is 11.1 Å². The van der Waals surface area contributed by atoms with Crippen LogP contribution in [-0.4, -0.2) is 24.6 Å². The first-order valence-corrected chi connectivity index (χ1v) is 5.65. The minimum atomic E-state index is 0.799. The second kappa shape index (κ2) is 7.00. The van der Waals surface area contributed by atoms with Gasteiger partial charge in [0.25, 0.3) is 0 Å². The van der Waals surface area contributed by atoms with Crippen LogP contribution in [0.3, 0.4) is 0 Å². The Morgan fingerprint density at radius 3 is 3.00 bits per heavy atom. The van der Waals surface area contributed by atoms with Gasteiger partial charge in [-0.15, -0.1) is 11.3 Å². The first kappa shape index (κ1) is 10.6. The molecule has 0 saturated heterocycles. The van der Waals surface area contributed by atoms with Crippen LogP contribution in [0.4, 0.5) is 0 Å². The zero-order chi connectivity index (χ0) is 9.36. The number of thiazole rings is 1. The molecule has 0 spiro atoms. The molecule has 3 N–H and O–H groups in total. The summed E-state index contributed by atoms with van der Waals surface area (Å²) in [6, 6.07) is 0.